The monoisotopic (exact) mass is 535 g/mol. The SMILES string of the molecule is COC(=O)C(c1cc(N2CCC(OC3CCC(Oc4cc(Br)ccn4)CC3)CC2)no1)C(C)C. The van der Waals surface area contributed by atoms with E-state index >= 15 is 0 Å². The van der Waals surface area contributed by atoms with Gasteiger partial charge in [-0.2, -0.15) is 0 Å². The average Bonchev–Trinajstić information content (AvgIpc) is 3.30. The molecule has 1 atom stereocenters. The summed E-state index contributed by atoms with van der Waals surface area (Å²) in [6.07, 6.45) is 8.38. The standard InChI is InChI=1S/C25H34BrN3O5/c1-16(2)24(25(30)31-3)21-15-22(28-34-21)29-12-9-20(10-13-29)32-18-4-6-19(7-5-18)33-23-14-17(26)8-11-27-23/h8,11,14-16,18-20,24H,4-7,9-10,12-13H2,1-3H3. The fourth-order valence-electron chi connectivity index (χ4n) is 4.82. The Kier molecular flexibility index (Phi) is 8.47. The molecule has 0 N–H and O–H groups in total. The van der Waals surface area contributed by atoms with Gasteiger partial charge in [-0.15, -0.1) is 0 Å². The highest BCUT2D eigenvalue weighted by molar-refractivity contribution is 9.10. The lowest BCUT2D eigenvalue weighted by molar-refractivity contribution is -0.144. The van der Waals surface area contributed by atoms with E-state index in [-0.39, 0.29) is 30.2 Å². The Bertz CT molecular complexity index is 936. The molecular weight excluding hydrogens is 502 g/mol. The lowest BCUT2D eigenvalue weighted by Gasteiger charge is -2.36. The van der Waals surface area contributed by atoms with Gasteiger partial charge in [0.15, 0.2) is 11.6 Å². The summed E-state index contributed by atoms with van der Waals surface area (Å²) in [6.45, 7) is 5.66. The second-order valence-electron chi connectivity index (χ2n) is 9.48. The molecule has 1 aliphatic heterocycles. The molecule has 2 aromatic rings. The van der Waals surface area contributed by atoms with Gasteiger partial charge in [0.05, 0.1) is 19.3 Å². The maximum atomic E-state index is 12.1. The van der Waals surface area contributed by atoms with Crippen molar-refractivity contribution in [3.8, 4) is 5.88 Å². The van der Waals surface area contributed by atoms with Crippen molar-refractivity contribution in [3.05, 3.63) is 34.6 Å². The van der Waals surface area contributed by atoms with E-state index in [1.807, 2.05) is 32.0 Å². The van der Waals surface area contributed by atoms with E-state index in [9.17, 15) is 4.79 Å². The number of carbonyl (C=O) groups is 1. The normalized spacial score (nSPS) is 22.6. The molecule has 2 fully saturated rings. The van der Waals surface area contributed by atoms with Gasteiger partial charge in [-0.1, -0.05) is 34.9 Å². The third kappa shape index (κ3) is 6.30. The predicted molar refractivity (Wildman–Crippen MR) is 131 cm³/mol. The summed E-state index contributed by atoms with van der Waals surface area (Å²) >= 11 is 3.46. The van der Waals surface area contributed by atoms with Gasteiger partial charge in [-0.25, -0.2) is 4.98 Å². The molecule has 1 saturated heterocycles. The number of aromatic nitrogens is 2. The summed E-state index contributed by atoms with van der Waals surface area (Å²) in [5.74, 6) is 1.35. The maximum absolute atomic E-state index is 12.1. The van der Waals surface area contributed by atoms with Crippen LogP contribution in [0, 0.1) is 5.92 Å². The average molecular weight is 536 g/mol. The molecule has 2 aliphatic rings. The van der Waals surface area contributed by atoms with E-state index < -0.39 is 5.92 Å². The molecule has 0 amide bonds. The minimum atomic E-state index is -0.439. The summed E-state index contributed by atoms with van der Waals surface area (Å²) in [7, 11) is 1.40. The number of nitrogens with zero attached hydrogens (tertiary/aromatic N) is 3. The number of piperidine rings is 1. The molecule has 34 heavy (non-hydrogen) atoms. The Morgan fingerprint density at radius 2 is 1.76 bits per heavy atom. The first-order valence-electron chi connectivity index (χ1n) is 12.2. The van der Waals surface area contributed by atoms with Crippen LogP contribution in [0.25, 0.3) is 0 Å². The zero-order valence-electron chi connectivity index (χ0n) is 20.1. The second kappa shape index (κ2) is 11.5. The van der Waals surface area contributed by atoms with Crippen LogP contribution in [0.1, 0.15) is 64.1 Å². The Balaban J connectivity index is 1.21. The summed E-state index contributed by atoms with van der Waals surface area (Å²) in [6, 6.07) is 5.69. The van der Waals surface area contributed by atoms with Crippen LogP contribution < -0.4 is 9.64 Å². The van der Waals surface area contributed by atoms with Gasteiger partial charge in [0.25, 0.3) is 0 Å². The molecule has 2 aromatic heterocycles. The smallest absolute Gasteiger partial charge is 0.316 e. The van der Waals surface area contributed by atoms with Crippen molar-refractivity contribution in [3.63, 3.8) is 0 Å². The van der Waals surface area contributed by atoms with Crippen molar-refractivity contribution in [2.24, 2.45) is 5.92 Å². The van der Waals surface area contributed by atoms with Crippen LogP contribution in [0.5, 0.6) is 5.88 Å². The van der Waals surface area contributed by atoms with Gasteiger partial charge in [0.1, 0.15) is 12.0 Å². The van der Waals surface area contributed by atoms with E-state index in [1.54, 1.807) is 6.20 Å². The first-order chi connectivity index (χ1) is 16.4. The predicted octanol–water partition coefficient (Wildman–Crippen LogP) is 5.12. The van der Waals surface area contributed by atoms with Crippen molar-refractivity contribution < 1.29 is 23.5 Å². The molecule has 1 unspecified atom stereocenters. The molecular formula is C25H34BrN3O5. The quantitative estimate of drug-likeness (QED) is 0.430. The van der Waals surface area contributed by atoms with Crippen LogP contribution in [-0.2, 0) is 14.3 Å². The molecule has 0 bridgehead atoms. The van der Waals surface area contributed by atoms with Gasteiger partial charge in [0.2, 0.25) is 5.88 Å². The zero-order valence-corrected chi connectivity index (χ0v) is 21.7. The number of anilines is 1. The summed E-state index contributed by atoms with van der Waals surface area (Å²) in [5.41, 5.74) is 0. The fourth-order valence-corrected chi connectivity index (χ4v) is 5.13. The lowest BCUT2D eigenvalue weighted by Crippen LogP contribution is -2.39. The number of halogens is 1. The topological polar surface area (TPSA) is 86.9 Å². The Morgan fingerprint density at radius 3 is 2.41 bits per heavy atom. The largest absolute Gasteiger partial charge is 0.474 e. The van der Waals surface area contributed by atoms with Crippen molar-refractivity contribution in [2.45, 2.75) is 76.6 Å². The lowest BCUT2D eigenvalue weighted by atomic mass is 9.93. The summed E-state index contributed by atoms with van der Waals surface area (Å²) < 4.78 is 23.9. The van der Waals surface area contributed by atoms with E-state index in [4.69, 9.17) is 18.7 Å². The van der Waals surface area contributed by atoms with Crippen molar-refractivity contribution >= 4 is 27.7 Å². The van der Waals surface area contributed by atoms with Crippen LogP contribution in [-0.4, -0.2) is 54.6 Å². The minimum absolute atomic E-state index is 0.0682. The van der Waals surface area contributed by atoms with Crippen molar-refractivity contribution in [2.75, 3.05) is 25.1 Å². The molecule has 0 aromatic carbocycles. The van der Waals surface area contributed by atoms with Crippen LogP contribution in [0.4, 0.5) is 5.82 Å². The van der Waals surface area contributed by atoms with Gasteiger partial charge in [-0.05, 0) is 50.5 Å². The zero-order chi connectivity index (χ0) is 24.1. The molecule has 8 nitrogen and oxygen atoms in total. The van der Waals surface area contributed by atoms with E-state index in [0.717, 1.165) is 61.9 Å². The molecule has 1 saturated carbocycles. The van der Waals surface area contributed by atoms with Gasteiger partial charge < -0.3 is 23.6 Å². The molecule has 0 spiro atoms. The third-order valence-electron chi connectivity index (χ3n) is 6.70. The molecule has 4 rings (SSSR count). The number of hydrogen-bond acceptors (Lipinski definition) is 8. The number of esters is 1. The third-order valence-corrected chi connectivity index (χ3v) is 7.19. The van der Waals surface area contributed by atoms with E-state index in [2.05, 4.69) is 31.0 Å². The molecule has 186 valence electrons. The number of pyridine rings is 1. The van der Waals surface area contributed by atoms with Crippen LogP contribution in [0.3, 0.4) is 0 Å². The number of carbonyl (C=O) groups excluding carboxylic acids is 1. The minimum Gasteiger partial charge on any atom is -0.474 e. The van der Waals surface area contributed by atoms with Gasteiger partial charge in [-0.3, -0.25) is 4.79 Å². The van der Waals surface area contributed by atoms with Crippen LogP contribution in [0.2, 0.25) is 0 Å². The number of ether oxygens (including phenoxy) is 3. The maximum Gasteiger partial charge on any atom is 0.316 e. The molecule has 9 heteroatoms. The Hall–Kier alpha value is -2.13. The molecule has 3 heterocycles. The van der Waals surface area contributed by atoms with Gasteiger partial charge >= 0.3 is 5.97 Å². The van der Waals surface area contributed by atoms with Crippen LogP contribution >= 0.6 is 15.9 Å². The van der Waals surface area contributed by atoms with Crippen molar-refractivity contribution in [1.29, 1.82) is 0 Å². The summed E-state index contributed by atoms with van der Waals surface area (Å²) in [5, 5.41) is 4.23. The fraction of sp³-hybridized carbons (Fsp3) is 0.640. The number of hydrogen-bond donors (Lipinski definition) is 0. The first kappa shape index (κ1) is 25.0. The first-order valence-corrected chi connectivity index (χ1v) is 12.9. The molecule has 0 radical (unpaired) electrons. The highest BCUT2D eigenvalue weighted by Crippen LogP contribution is 2.31. The Labute approximate surface area is 209 Å². The van der Waals surface area contributed by atoms with E-state index in [0.29, 0.717) is 11.6 Å². The summed E-state index contributed by atoms with van der Waals surface area (Å²) in [4.78, 5) is 18.6. The van der Waals surface area contributed by atoms with Crippen LogP contribution in [0.15, 0.2) is 33.4 Å². The van der Waals surface area contributed by atoms with Gasteiger partial charge in [0, 0.05) is 35.9 Å². The van der Waals surface area contributed by atoms with Crippen molar-refractivity contribution in [1.82, 2.24) is 10.1 Å². The second-order valence-corrected chi connectivity index (χ2v) is 10.4. The molecule has 1 aliphatic carbocycles. The highest BCUT2D eigenvalue weighted by atomic mass is 79.9. The number of methoxy groups -OCH3 is 1. The highest BCUT2D eigenvalue weighted by Gasteiger charge is 2.32. The van der Waals surface area contributed by atoms with E-state index in [1.165, 1.54) is 7.11 Å². The Morgan fingerprint density at radius 1 is 1.09 bits per heavy atom. The number of rotatable bonds is 8.